The smallest absolute Gasteiger partial charge is 0.343 e. The third kappa shape index (κ3) is 23.2. The van der Waals surface area contributed by atoms with Crippen molar-refractivity contribution >= 4 is 5.97 Å². The number of hydrogen-bond acceptors (Lipinski definition) is 4. The van der Waals surface area contributed by atoms with Gasteiger partial charge in [0, 0.05) is 6.61 Å². The molecule has 0 saturated heterocycles. The Morgan fingerprint density at radius 2 is 0.867 bits per heavy atom. The Morgan fingerprint density at radius 1 is 0.450 bits per heavy atom. The van der Waals surface area contributed by atoms with Crippen LogP contribution in [-0.4, -0.2) is 18.7 Å². The third-order valence-corrected chi connectivity index (χ3v) is 12.3. The van der Waals surface area contributed by atoms with Crippen molar-refractivity contribution < 1.29 is 19.0 Å². The molecular formula is C56H88O4. The Hall–Kier alpha value is -3.11. The second-order valence-electron chi connectivity index (χ2n) is 17.7. The van der Waals surface area contributed by atoms with Crippen LogP contribution in [0.5, 0.6) is 11.5 Å². The van der Waals surface area contributed by atoms with E-state index in [4.69, 9.17) is 14.2 Å². The summed E-state index contributed by atoms with van der Waals surface area (Å²) in [5.41, 5.74) is 3.89. The molecule has 0 aliphatic heterocycles. The number of ether oxygens (including phenoxy) is 3. The maximum Gasteiger partial charge on any atom is 0.343 e. The molecular weight excluding hydrogens is 737 g/mol. The van der Waals surface area contributed by atoms with E-state index in [1.54, 1.807) is 0 Å². The highest BCUT2D eigenvalue weighted by Crippen LogP contribution is 2.31. The van der Waals surface area contributed by atoms with Gasteiger partial charge in [0.05, 0.1) is 17.8 Å². The number of benzene rings is 3. The lowest BCUT2D eigenvalue weighted by Gasteiger charge is -2.20. The van der Waals surface area contributed by atoms with E-state index < -0.39 is 0 Å². The van der Waals surface area contributed by atoms with E-state index in [0.29, 0.717) is 17.1 Å². The van der Waals surface area contributed by atoms with Gasteiger partial charge in [0.2, 0.25) is 0 Å². The topological polar surface area (TPSA) is 44.8 Å². The molecule has 336 valence electrons. The van der Waals surface area contributed by atoms with E-state index in [9.17, 15) is 4.79 Å². The summed E-state index contributed by atoms with van der Waals surface area (Å²) in [7, 11) is 0. The first-order valence-electron chi connectivity index (χ1n) is 25.4. The van der Waals surface area contributed by atoms with Gasteiger partial charge in [0.1, 0.15) is 0 Å². The maximum atomic E-state index is 13.3. The Bertz CT molecular complexity index is 1450. The molecule has 0 aromatic heterocycles. The minimum Gasteiger partial charge on any atom is -0.487 e. The first kappa shape index (κ1) is 51.2. The van der Waals surface area contributed by atoms with E-state index in [1.165, 1.54) is 173 Å². The van der Waals surface area contributed by atoms with E-state index in [2.05, 4.69) is 52.0 Å². The standard InChI is InChI=1S/C56H88O4/c1-5-8-10-12-14-16-17-18-19-20-21-22-23-24-26-28-30-34-47-58-48(4)49-39-41-50(42-40-49)51-43-45-52(46-44-51)56(57)60-55-38-33-32-37-54(55)59-53(35-7-3)36-31-29-27-25-15-13-11-9-6-2/h32-33,37-46,48,53H,5-31,34-36,47H2,1-4H3. The minimum absolute atomic E-state index is 0.0704. The van der Waals surface area contributed by atoms with Crippen LogP contribution < -0.4 is 9.47 Å². The maximum absolute atomic E-state index is 13.3. The molecule has 2 unspecified atom stereocenters. The highest BCUT2D eigenvalue weighted by molar-refractivity contribution is 5.92. The largest absolute Gasteiger partial charge is 0.487 e. The molecule has 0 N–H and O–H groups in total. The first-order chi connectivity index (χ1) is 29.5. The molecule has 0 amide bonds. The van der Waals surface area contributed by atoms with Gasteiger partial charge < -0.3 is 14.2 Å². The van der Waals surface area contributed by atoms with Gasteiger partial charge >= 0.3 is 5.97 Å². The average Bonchev–Trinajstić information content (AvgIpc) is 3.27. The number of hydrogen-bond donors (Lipinski definition) is 0. The Morgan fingerprint density at radius 3 is 1.33 bits per heavy atom. The molecule has 0 bridgehead atoms. The first-order valence-corrected chi connectivity index (χ1v) is 25.4. The zero-order valence-corrected chi connectivity index (χ0v) is 39.1. The molecule has 3 aromatic rings. The van der Waals surface area contributed by atoms with Gasteiger partial charge in [0.15, 0.2) is 11.5 Å². The number of esters is 1. The quantitative estimate of drug-likeness (QED) is 0.0328. The molecule has 0 radical (unpaired) electrons. The molecule has 0 saturated carbocycles. The Labute approximate surface area is 369 Å². The molecule has 4 nitrogen and oxygen atoms in total. The predicted octanol–water partition coefficient (Wildman–Crippen LogP) is 18.2. The van der Waals surface area contributed by atoms with Crippen molar-refractivity contribution in [3.8, 4) is 22.6 Å². The lowest BCUT2D eigenvalue weighted by molar-refractivity contribution is 0.0627. The zero-order chi connectivity index (χ0) is 42.7. The van der Waals surface area contributed by atoms with Crippen LogP contribution in [0.15, 0.2) is 72.8 Å². The van der Waals surface area contributed by atoms with Gasteiger partial charge in [0.25, 0.3) is 0 Å². The lowest BCUT2D eigenvalue weighted by Crippen LogP contribution is -2.17. The van der Waals surface area contributed by atoms with Gasteiger partial charge in [-0.15, -0.1) is 0 Å². The van der Waals surface area contributed by atoms with Gasteiger partial charge in [-0.2, -0.15) is 0 Å². The predicted molar refractivity (Wildman–Crippen MR) is 258 cm³/mol. The minimum atomic E-state index is -0.375. The molecule has 4 heteroatoms. The fraction of sp³-hybridized carbons (Fsp3) is 0.661. The van der Waals surface area contributed by atoms with Gasteiger partial charge in [-0.3, -0.25) is 0 Å². The van der Waals surface area contributed by atoms with Crippen LogP contribution in [0.25, 0.3) is 11.1 Å². The highest BCUT2D eigenvalue weighted by atomic mass is 16.6. The molecule has 3 aromatic carbocycles. The zero-order valence-electron chi connectivity index (χ0n) is 39.1. The van der Waals surface area contributed by atoms with Crippen LogP contribution in [-0.2, 0) is 4.74 Å². The lowest BCUT2D eigenvalue weighted by atomic mass is 10.0. The SMILES string of the molecule is CCCCCCCCCCCCCCCCCCCCOC(C)c1ccc(-c2ccc(C(=O)Oc3ccccc3OC(CCC)CCCCCCCCCCC)cc2)cc1. The summed E-state index contributed by atoms with van der Waals surface area (Å²) in [5, 5.41) is 0. The fourth-order valence-corrected chi connectivity index (χ4v) is 8.34. The molecule has 3 rings (SSSR count). The summed E-state index contributed by atoms with van der Waals surface area (Å²) in [6, 6.07) is 23.9. The second kappa shape index (κ2) is 34.5. The van der Waals surface area contributed by atoms with E-state index >= 15 is 0 Å². The van der Waals surface area contributed by atoms with Gasteiger partial charge in [-0.05, 0) is 73.6 Å². The van der Waals surface area contributed by atoms with Crippen molar-refractivity contribution in [3.05, 3.63) is 83.9 Å². The van der Waals surface area contributed by atoms with Crippen molar-refractivity contribution in [2.75, 3.05) is 6.61 Å². The molecule has 0 heterocycles. The molecule has 0 aliphatic carbocycles. The third-order valence-electron chi connectivity index (χ3n) is 12.3. The summed E-state index contributed by atoms with van der Waals surface area (Å²) in [6.07, 6.45) is 40.2. The van der Waals surface area contributed by atoms with Crippen molar-refractivity contribution in [1.82, 2.24) is 0 Å². The molecule has 0 fully saturated rings. The van der Waals surface area contributed by atoms with Crippen LogP contribution in [0.3, 0.4) is 0 Å². The van der Waals surface area contributed by atoms with Crippen LogP contribution >= 0.6 is 0 Å². The summed E-state index contributed by atoms with van der Waals surface area (Å²) in [6.45, 7) is 9.73. The van der Waals surface area contributed by atoms with Gasteiger partial charge in [-0.25, -0.2) is 4.79 Å². The van der Waals surface area contributed by atoms with Crippen LogP contribution in [0.4, 0.5) is 0 Å². The fourth-order valence-electron chi connectivity index (χ4n) is 8.34. The highest BCUT2D eigenvalue weighted by Gasteiger charge is 2.17. The van der Waals surface area contributed by atoms with E-state index in [-0.39, 0.29) is 18.2 Å². The average molecular weight is 825 g/mol. The Kier molecular flexibility index (Phi) is 29.4. The number of carbonyl (C=O) groups excluding carboxylic acids is 1. The monoisotopic (exact) mass is 825 g/mol. The van der Waals surface area contributed by atoms with Crippen molar-refractivity contribution in [3.63, 3.8) is 0 Å². The van der Waals surface area contributed by atoms with Crippen LogP contribution in [0.1, 0.15) is 242 Å². The summed E-state index contributed by atoms with van der Waals surface area (Å²) in [4.78, 5) is 13.3. The van der Waals surface area contributed by atoms with E-state index in [1.807, 2.05) is 48.5 Å². The van der Waals surface area contributed by atoms with Crippen LogP contribution in [0, 0.1) is 0 Å². The number of unbranched alkanes of at least 4 members (excludes halogenated alkanes) is 25. The number of rotatable bonds is 38. The summed E-state index contributed by atoms with van der Waals surface area (Å²) in [5.74, 6) is 0.747. The summed E-state index contributed by atoms with van der Waals surface area (Å²) < 4.78 is 18.6. The molecule has 0 spiro atoms. The molecule has 2 atom stereocenters. The summed E-state index contributed by atoms with van der Waals surface area (Å²) >= 11 is 0. The number of carbonyl (C=O) groups is 1. The van der Waals surface area contributed by atoms with Crippen molar-refractivity contribution in [2.45, 2.75) is 233 Å². The van der Waals surface area contributed by atoms with Gasteiger partial charge in [-0.1, -0.05) is 236 Å². The van der Waals surface area contributed by atoms with E-state index in [0.717, 1.165) is 43.4 Å². The molecule has 60 heavy (non-hydrogen) atoms. The molecule has 0 aliphatic rings. The van der Waals surface area contributed by atoms with Crippen LogP contribution in [0.2, 0.25) is 0 Å². The second-order valence-corrected chi connectivity index (χ2v) is 17.7. The Balaban J connectivity index is 1.29. The normalized spacial score (nSPS) is 12.4. The van der Waals surface area contributed by atoms with Crippen molar-refractivity contribution in [2.24, 2.45) is 0 Å². The van der Waals surface area contributed by atoms with Crippen molar-refractivity contribution in [1.29, 1.82) is 0 Å². The number of para-hydroxylation sites is 2.